The lowest BCUT2D eigenvalue weighted by atomic mass is 10.3. The average molecular weight is 221 g/mol. The summed E-state index contributed by atoms with van der Waals surface area (Å²) in [4.78, 5) is 21.6. The van der Waals surface area contributed by atoms with Crippen molar-refractivity contribution < 1.29 is 14.3 Å². The summed E-state index contributed by atoms with van der Waals surface area (Å²) in [6.07, 6.45) is 0. The Bertz CT molecular complexity index is 253. The fourth-order valence-electron chi connectivity index (χ4n) is 0.610. The van der Waals surface area contributed by atoms with E-state index in [1.165, 1.54) is 13.8 Å². The molecular formula is C8H13ClN2O3. The van der Waals surface area contributed by atoms with Crippen molar-refractivity contribution in [3.63, 3.8) is 0 Å². The van der Waals surface area contributed by atoms with E-state index in [0.29, 0.717) is 5.71 Å². The van der Waals surface area contributed by atoms with Crippen LogP contribution in [0.1, 0.15) is 20.8 Å². The molecule has 0 spiro atoms. The van der Waals surface area contributed by atoms with Crippen molar-refractivity contribution in [1.82, 2.24) is 5.43 Å². The Balaban J connectivity index is 4.22. The molecule has 0 saturated heterocycles. The highest BCUT2D eigenvalue weighted by Crippen LogP contribution is 2.01. The van der Waals surface area contributed by atoms with Gasteiger partial charge in [0.25, 0.3) is 0 Å². The van der Waals surface area contributed by atoms with Crippen molar-refractivity contribution in [3.8, 4) is 0 Å². The van der Waals surface area contributed by atoms with Gasteiger partial charge in [-0.25, -0.2) is 5.43 Å². The number of hydrazone groups is 1. The Labute approximate surface area is 87.4 Å². The van der Waals surface area contributed by atoms with E-state index in [1.54, 1.807) is 6.92 Å². The van der Waals surface area contributed by atoms with Crippen molar-refractivity contribution in [2.45, 2.75) is 26.1 Å². The molecule has 0 aliphatic carbocycles. The van der Waals surface area contributed by atoms with Crippen molar-refractivity contribution in [2.75, 3.05) is 6.61 Å². The number of amides is 1. The largest absolute Gasteiger partial charge is 0.465 e. The summed E-state index contributed by atoms with van der Waals surface area (Å²) in [6.45, 7) is 4.78. The summed E-state index contributed by atoms with van der Waals surface area (Å²) >= 11 is 5.69. The van der Waals surface area contributed by atoms with Crippen LogP contribution in [0.2, 0.25) is 0 Å². The van der Waals surface area contributed by atoms with Crippen LogP contribution in [-0.2, 0) is 14.3 Å². The molecule has 0 aliphatic heterocycles. The first-order valence-corrected chi connectivity index (χ1v) is 4.54. The Hall–Kier alpha value is -1.10. The maximum atomic E-state index is 11.1. The topological polar surface area (TPSA) is 67.8 Å². The normalized spacial score (nSPS) is 13.3. The maximum Gasteiger partial charge on any atom is 0.329 e. The van der Waals surface area contributed by atoms with Crippen molar-refractivity contribution in [2.24, 2.45) is 5.10 Å². The zero-order valence-electron chi connectivity index (χ0n) is 8.33. The van der Waals surface area contributed by atoms with Gasteiger partial charge in [-0.15, -0.1) is 11.6 Å². The number of esters is 1. The first kappa shape index (κ1) is 12.9. The fourth-order valence-corrected chi connectivity index (χ4v) is 0.721. The van der Waals surface area contributed by atoms with Crippen LogP contribution >= 0.6 is 11.6 Å². The second-order valence-corrected chi connectivity index (χ2v) is 2.97. The molecule has 0 aromatic carbocycles. The molecule has 0 heterocycles. The summed E-state index contributed by atoms with van der Waals surface area (Å²) in [5, 5.41) is 2.65. The summed E-state index contributed by atoms with van der Waals surface area (Å²) in [5.41, 5.74) is 2.47. The van der Waals surface area contributed by atoms with E-state index in [-0.39, 0.29) is 12.5 Å². The van der Waals surface area contributed by atoms with Crippen LogP contribution in [0.15, 0.2) is 5.10 Å². The standard InChI is InChI=1S/C8H13ClN2O3/c1-4-14-8(13)7(9)5(2)10-11-6(3)12/h7H,4H2,1-3H3,(H,11,12)/b10-5-/t7-/m0/s1. The Morgan fingerprint density at radius 3 is 2.50 bits per heavy atom. The number of carbonyl (C=O) groups is 2. The smallest absolute Gasteiger partial charge is 0.329 e. The van der Waals surface area contributed by atoms with Gasteiger partial charge in [-0.2, -0.15) is 5.10 Å². The van der Waals surface area contributed by atoms with Gasteiger partial charge in [0.15, 0.2) is 5.38 Å². The van der Waals surface area contributed by atoms with Gasteiger partial charge in [-0.1, -0.05) is 0 Å². The van der Waals surface area contributed by atoms with E-state index in [2.05, 4.69) is 15.3 Å². The number of nitrogens with one attached hydrogen (secondary N) is 1. The third-order valence-electron chi connectivity index (χ3n) is 1.25. The fraction of sp³-hybridized carbons (Fsp3) is 0.625. The molecule has 0 radical (unpaired) electrons. The lowest BCUT2D eigenvalue weighted by molar-refractivity contribution is -0.141. The molecule has 0 aromatic heterocycles. The lowest BCUT2D eigenvalue weighted by Gasteiger charge is -2.07. The first-order chi connectivity index (χ1) is 6.49. The first-order valence-electron chi connectivity index (χ1n) is 4.10. The predicted octanol–water partition coefficient (Wildman–Crippen LogP) is 0.669. The van der Waals surface area contributed by atoms with Gasteiger partial charge in [0.05, 0.1) is 12.3 Å². The number of nitrogens with zero attached hydrogens (tertiary/aromatic N) is 1. The van der Waals surface area contributed by atoms with Gasteiger partial charge in [0.1, 0.15) is 0 Å². The molecular weight excluding hydrogens is 208 g/mol. The van der Waals surface area contributed by atoms with Crippen LogP contribution in [0.25, 0.3) is 0 Å². The van der Waals surface area contributed by atoms with Crippen LogP contribution in [0.5, 0.6) is 0 Å². The van der Waals surface area contributed by atoms with Crippen molar-refractivity contribution in [3.05, 3.63) is 0 Å². The monoisotopic (exact) mass is 220 g/mol. The summed E-state index contributed by atoms with van der Waals surface area (Å²) < 4.78 is 4.67. The number of alkyl halides is 1. The highest BCUT2D eigenvalue weighted by atomic mass is 35.5. The molecule has 0 bridgehead atoms. The van der Waals surface area contributed by atoms with E-state index in [0.717, 1.165) is 0 Å². The highest BCUT2D eigenvalue weighted by Gasteiger charge is 2.19. The molecule has 1 N–H and O–H groups in total. The van der Waals surface area contributed by atoms with E-state index in [9.17, 15) is 9.59 Å². The molecule has 5 nitrogen and oxygen atoms in total. The van der Waals surface area contributed by atoms with Crippen LogP contribution in [-0.4, -0.2) is 29.6 Å². The van der Waals surface area contributed by atoms with Gasteiger partial charge < -0.3 is 4.74 Å². The molecule has 0 fully saturated rings. The van der Waals surface area contributed by atoms with E-state index >= 15 is 0 Å². The number of rotatable bonds is 4. The average Bonchev–Trinajstić information content (AvgIpc) is 2.13. The SMILES string of the molecule is CCOC(=O)[C@@H](Cl)/C(C)=N\NC(C)=O. The second-order valence-electron chi connectivity index (χ2n) is 2.54. The molecule has 0 aliphatic rings. The number of ether oxygens (including phenoxy) is 1. The van der Waals surface area contributed by atoms with E-state index in [4.69, 9.17) is 11.6 Å². The molecule has 0 unspecified atom stereocenters. The lowest BCUT2D eigenvalue weighted by Crippen LogP contribution is -2.27. The summed E-state index contributed by atoms with van der Waals surface area (Å²) in [7, 11) is 0. The van der Waals surface area contributed by atoms with E-state index in [1.807, 2.05) is 0 Å². The quantitative estimate of drug-likeness (QED) is 0.328. The van der Waals surface area contributed by atoms with Crippen LogP contribution in [0, 0.1) is 0 Å². The Morgan fingerprint density at radius 1 is 1.50 bits per heavy atom. The van der Waals surface area contributed by atoms with Gasteiger partial charge in [0, 0.05) is 6.92 Å². The van der Waals surface area contributed by atoms with E-state index < -0.39 is 11.3 Å². The number of hydrogen-bond acceptors (Lipinski definition) is 4. The second kappa shape index (κ2) is 6.37. The number of halogens is 1. The molecule has 14 heavy (non-hydrogen) atoms. The summed E-state index contributed by atoms with van der Waals surface area (Å²) in [5.74, 6) is -0.891. The Kier molecular flexibility index (Phi) is 5.87. The zero-order valence-corrected chi connectivity index (χ0v) is 9.09. The number of hydrogen-bond donors (Lipinski definition) is 1. The van der Waals surface area contributed by atoms with Crippen molar-refractivity contribution in [1.29, 1.82) is 0 Å². The third-order valence-corrected chi connectivity index (χ3v) is 1.74. The summed E-state index contributed by atoms with van der Waals surface area (Å²) in [6, 6.07) is 0. The van der Waals surface area contributed by atoms with Crippen LogP contribution in [0.4, 0.5) is 0 Å². The number of carbonyl (C=O) groups excluding carboxylic acids is 2. The van der Waals surface area contributed by atoms with Gasteiger partial charge >= 0.3 is 5.97 Å². The van der Waals surface area contributed by atoms with Crippen molar-refractivity contribution >= 4 is 29.2 Å². The Morgan fingerprint density at radius 2 is 2.07 bits per heavy atom. The molecule has 80 valence electrons. The van der Waals surface area contributed by atoms with Gasteiger partial charge in [-0.05, 0) is 13.8 Å². The minimum atomic E-state index is -0.957. The predicted molar refractivity (Wildman–Crippen MR) is 53.2 cm³/mol. The minimum absolute atomic E-state index is 0.259. The van der Waals surface area contributed by atoms with Gasteiger partial charge in [0.2, 0.25) is 5.91 Å². The van der Waals surface area contributed by atoms with Gasteiger partial charge in [-0.3, -0.25) is 9.59 Å². The van der Waals surface area contributed by atoms with Crippen LogP contribution in [0.3, 0.4) is 0 Å². The van der Waals surface area contributed by atoms with Crippen LogP contribution < -0.4 is 5.43 Å². The molecule has 6 heteroatoms. The minimum Gasteiger partial charge on any atom is -0.465 e. The molecule has 1 atom stereocenters. The molecule has 0 saturated carbocycles. The zero-order chi connectivity index (χ0) is 11.1. The maximum absolute atomic E-state index is 11.1. The third kappa shape index (κ3) is 4.81. The highest BCUT2D eigenvalue weighted by molar-refractivity contribution is 6.41. The molecule has 0 aromatic rings. The molecule has 1 amide bonds. The molecule has 0 rings (SSSR count).